The molecule has 0 aromatic heterocycles. The number of carbonyl (C=O) groups excluding carboxylic acids is 1. The molecule has 0 heterocycles. The van der Waals surface area contributed by atoms with Crippen LogP contribution in [0.1, 0.15) is 22.8 Å². The van der Waals surface area contributed by atoms with Crippen molar-refractivity contribution in [3.63, 3.8) is 0 Å². The fourth-order valence-corrected chi connectivity index (χ4v) is 1.20. The van der Waals surface area contributed by atoms with Gasteiger partial charge in [0.15, 0.2) is 0 Å². The van der Waals surface area contributed by atoms with Gasteiger partial charge in [-0.2, -0.15) is 0 Å². The highest BCUT2D eigenvalue weighted by Gasteiger charge is 2.19. The van der Waals surface area contributed by atoms with Crippen molar-refractivity contribution in [2.45, 2.75) is 12.5 Å². The van der Waals surface area contributed by atoms with E-state index in [9.17, 15) is 4.79 Å². The van der Waals surface area contributed by atoms with Gasteiger partial charge >= 0.3 is 5.97 Å². The van der Waals surface area contributed by atoms with Crippen LogP contribution in [0.4, 0.5) is 0 Å². The first-order valence-electron chi connectivity index (χ1n) is 4.60. The smallest absolute Gasteiger partial charge is 0.337 e. The lowest BCUT2D eigenvalue weighted by Crippen LogP contribution is -2.36. The summed E-state index contributed by atoms with van der Waals surface area (Å²) in [5, 5.41) is 9.06. The van der Waals surface area contributed by atoms with Crippen molar-refractivity contribution in [1.82, 2.24) is 0 Å². The molecule has 1 aromatic carbocycles. The average molecular weight is 209 g/mol. The van der Waals surface area contributed by atoms with E-state index in [-0.39, 0.29) is 12.6 Å². The Labute approximate surface area is 88.7 Å². The minimum atomic E-state index is -0.783. The molecule has 82 valence electrons. The minimum absolute atomic E-state index is 0.148. The zero-order valence-electron chi connectivity index (χ0n) is 8.86. The zero-order chi connectivity index (χ0) is 11.5. The maximum Gasteiger partial charge on any atom is 0.337 e. The normalized spacial score (nSPS) is 14.4. The Morgan fingerprint density at radius 1 is 1.47 bits per heavy atom. The average Bonchev–Trinajstić information content (AvgIpc) is 2.28. The Bertz CT molecular complexity index is 343. The Hall–Kier alpha value is -1.39. The number of aliphatic hydroxyl groups is 1. The third-order valence-corrected chi connectivity index (χ3v) is 2.29. The SMILES string of the molecule is COC(=O)c1ccc(C(C)(N)CO)cc1. The van der Waals surface area contributed by atoms with Gasteiger partial charge in [-0.3, -0.25) is 0 Å². The van der Waals surface area contributed by atoms with Crippen LogP contribution in [0.15, 0.2) is 24.3 Å². The number of hydrogen-bond donors (Lipinski definition) is 2. The van der Waals surface area contributed by atoms with Gasteiger partial charge in [0.1, 0.15) is 0 Å². The van der Waals surface area contributed by atoms with Crippen molar-refractivity contribution in [2.24, 2.45) is 5.73 Å². The standard InChI is InChI=1S/C11H15NO3/c1-11(12,7-13)9-5-3-8(4-6-9)10(14)15-2/h3-6,13H,7,12H2,1-2H3. The van der Waals surface area contributed by atoms with Gasteiger partial charge in [0.25, 0.3) is 0 Å². The summed E-state index contributed by atoms with van der Waals surface area (Å²) in [6.45, 7) is 1.57. The molecule has 1 unspecified atom stereocenters. The van der Waals surface area contributed by atoms with Crippen LogP contribution in [0.2, 0.25) is 0 Å². The lowest BCUT2D eigenvalue weighted by Gasteiger charge is -2.22. The molecule has 15 heavy (non-hydrogen) atoms. The summed E-state index contributed by atoms with van der Waals surface area (Å²) in [5.74, 6) is -0.385. The van der Waals surface area contributed by atoms with Gasteiger partial charge in [-0.15, -0.1) is 0 Å². The summed E-state index contributed by atoms with van der Waals surface area (Å²) in [6.07, 6.45) is 0. The van der Waals surface area contributed by atoms with Crippen LogP contribution in [0.25, 0.3) is 0 Å². The molecule has 0 bridgehead atoms. The lowest BCUT2D eigenvalue weighted by molar-refractivity contribution is 0.0600. The van der Waals surface area contributed by atoms with Crippen molar-refractivity contribution in [1.29, 1.82) is 0 Å². The lowest BCUT2D eigenvalue weighted by atomic mass is 9.93. The van der Waals surface area contributed by atoms with Gasteiger partial charge < -0.3 is 15.6 Å². The maximum atomic E-state index is 11.1. The number of carbonyl (C=O) groups is 1. The first kappa shape index (κ1) is 11.7. The van der Waals surface area contributed by atoms with E-state index >= 15 is 0 Å². The van der Waals surface area contributed by atoms with Crippen LogP contribution in [0, 0.1) is 0 Å². The molecule has 0 fully saturated rings. The molecule has 0 saturated heterocycles. The number of methoxy groups -OCH3 is 1. The Kier molecular flexibility index (Phi) is 3.44. The number of hydrogen-bond acceptors (Lipinski definition) is 4. The van der Waals surface area contributed by atoms with E-state index in [1.165, 1.54) is 7.11 Å². The van der Waals surface area contributed by atoms with E-state index in [1.54, 1.807) is 31.2 Å². The largest absolute Gasteiger partial charge is 0.465 e. The molecule has 1 rings (SSSR count). The predicted octanol–water partition coefficient (Wildman–Crippen LogP) is 0.639. The molecule has 0 aliphatic rings. The highest BCUT2D eigenvalue weighted by molar-refractivity contribution is 5.89. The highest BCUT2D eigenvalue weighted by atomic mass is 16.5. The van der Waals surface area contributed by atoms with E-state index in [4.69, 9.17) is 10.8 Å². The molecule has 4 nitrogen and oxygen atoms in total. The van der Waals surface area contributed by atoms with Crippen molar-refractivity contribution < 1.29 is 14.6 Å². The van der Waals surface area contributed by atoms with Gasteiger partial charge in [-0.25, -0.2) is 4.79 Å². The number of aliphatic hydroxyl groups excluding tert-OH is 1. The fraction of sp³-hybridized carbons (Fsp3) is 0.364. The quantitative estimate of drug-likeness (QED) is 0.716. The van der Waals surface area contributed by atoms with Gasteiger partial charge in [0.05, 0.1) is 24.8 Å². The van der Waals surface area contributed by atoms with E-state index in [0.29, 0.717) is 5.56 Å². The van der Waals surface area contributed by atoms with E-state index in [2.05, 4.69) is 4.74 Å². The molecule has 1 aromatic rings. The van der Waals surface area contributed by atoms with Crippen LogP contribution in [-0.4, -0.2) is 24.8 Å². The van der Waals surface area contributed by atoms with Gasteiger partial charge in [-0.05, 0) is 24.6 Å². The van der Waals surface area contributed by atoms with E-state index in [1.807, 2.05) is 0 Å². The second kappa shape index (κ2) is 4.42. The predicted molar refractivity (Wildman–Crippen MR) is 56.4 cm³/mol. The van der Waals surface area contributed by atoms with Crippen molar-refractivity contribution in [3.8, 4) is 0 Å². The molecule has 0 saturated carbocycles. The zero-order valence-corrected chi connectivity index (χ0v) is 8.86. The summed E-state index contributed by atoms with van der Waals surface area (Å²) in [5.41, 5.74) is 6.29. The molecule has 0 spiro atoms. The molecule has 0 aliphatic heterocycles. The molecule has 0 amide bonds. The van der Waals surface area contributed by atoms with Gasteiger partial charge in [0, 0.05) is 0 Å². The summed E-state index contributed by atoms with van der Waals surface area (Å²) >= 11 is 0. The molecule has 1 atom stereocenters. The van der Waals surface area contributed by atoms with E-state index < -0.39 is 5.54 Å². The first-order chi connectivity index (χ1) is 7.01. The molecular formula is C11H15NO3. The fourth-order valence-electron chi connectivity index (χ4n) is 1.20. The topological polar surface area (TPSA) is 72.5 Å². The number of rotatable bonds is 3. The third kappa shape index (κ3) is 2.55. The Morgan fingerprint density at radius 3 is 2.40 bits per heavy atom. The van der Waals surface area contributed by atoms with Crippen LogP contribution < -0.4 is 5.73 Å². The molecule has 3 N–H and O–H groups in total. The second-order valence-electron chi connectivity index (χ2n) is 3.64. The van der Waals surface area contributed by atoms with Gasteiger partial charge in [-0.1, -0.05) is 12.1 Å². The number of esters is 1. The number of benzene rings is 1. The van der Waals surface area contributed by atoms with Crippen molar-refractivity contribution in [3.05, 3.63) is 35.4 Å². The third-order valence-electron chi connectivity index (χ3n) is 2.29. The van der Waals surface area contributed by atoms with Gasteiger partial charge in [0.2, 0.25) is 0 Å². The summed E-state index contributed by atoms with van der Waals surface area (Å²) < 4.78 is 4.57. The molecule has 0 radical (unpaired) electrons. The van der Waals surface area contributed by atoms with Crippen LogP contribution in [0.3, 0.4) is 0 Å². The monoisotopic (exact) mass is 209 g/mol. The maximum absolute atomic E-state index is 11.1. The molecular weight excluding hydrogens is 194 g/mol. The number of ether oxygens (including phenoxy) is 1. The summed E-state index contributed by atoms with van der Waals surface area (Å²) in [6, 6.07) is 6.68. The van der Waals surface area contributed by atoms with Crippen LogP contribution in [0.5, 0.6) is 0 Å². The van der Waals surface area contributed by atoms with Crippen molar-refractivity contribution in [2.75, 3.05) is 13.7 Å². The summed E-state index contributed by atoms with van der Waals surface area (Å²) in [7, 11) is 1.33. The Balaban J connectivity index is 2.95. The van der Waals surface area contributed by atoms with Crippen LogP contribution in [-0.2, 0) is 10.3 Å². The molecule has 0 aliphatic carbocycles. The van der Waals surface area contributed by atoms with E-state index in [0.717, 1.165) is 5.56 Å². The van der Waals surface area contributed by atoms with Crippen molar-refractivity contribution >= 4 is 5.97 Å². The Morgan fingerprint density at radius 2 is 2.00 bits per heavy atom. The van der Waals surface area contributed by atoms with Crippen LogP contribution >= 0.6 is 0 Å². The number of nitrogens with two attached hydrogens (primary N) is 1. The molecule has 4 heteroatoms. The second-order valence-corrected chi connectivity index (χ2v) is 3.64. The first-order valence-corrected chi connectivity index (χ1v) is 4.60. The minimum Gasteiger partial charge on any atom is -0.465 e. The summed E-state index contributed by atoms with van der Waals surface area (Å²) in [4.78, 5) is 11.1. The highest BCUT2D eigenvalue weighted by Crippen LogP contribution is 2.17.